The van der Waals surface area contributed by atoms with Gasteiger partial charge in [-0.1, -0.05) is 26.0 Å². The molecule has 7 nitrogen and oxygen atoms in total. The number of anilines is 2. The van der Waals surface area contributed by atoms with Crippen molar-refractivity contribution in [1.82, 2.24) is 5.32 Å². The number of allylic oxidation sites excluding steroid dienone is 1. The molecule has 0 unspecified atom stereocenters. The Kier molecular flexibility index (Phi) is 6.44. The van der Waals surface area contributed by atoms with Crippen LogP contribution in [0.1, 0.15) is 57.8 Å². The number of rotatable bonds is 6. The lowest BCUT2D eigenvalue weighted by Crippen LogP contribution is -2.38. The van der Waals surface area contributed by atoms with Crippen LogP contribution in [0.25, 0.3) is 0 Å². The van der Waals surface area contributed by atoms with E-state index in [1.54, 1.807) is 23.3 Å². The van der Waals surface area contributed by atoms with E-state index in [1.807, 2.05) is 38.1 Å². The number of Topliss-reactive ketones (excluding diaryl/α,β-unsaturated/α-hetero) is 1. The molecule has 1 atom stereocenters. The normalized spacial score (nSPS) is 18.0. The molecular formula is C25H29N3O4. The summed E-state index contributed by atoms with van der Waals surface area (Å²) in [4.78, 5) is 40.6. The summed E-state index contributed by atoms with van der Waals surface area (Å²) in [6.45, 7) is 4.61. The lowest BCUT2D eigenvalue weighted by Gasteiger charge is -2.32. The van der Waals surface area contributed by atoms with E-state index >= 15 is 0 Å². The molecule has 2 amide bonds. The minimum atomic E-state index is -0.671. The van der Waals surface area contributed by atoms with Gasteiger partial charge in [-0.05, 0) is 43.0 Å². The van der Waals surface area contributed by atoms with Crippen LogP contribution in [0.4, 0.5) is 11.4 Å². The van der Waals surface area contributed by atoms with E-state index in [0.717, 1.165) is 24.2 Å². The topological polar surface area (TPSA) is 91.7 Å². The molecule has 168 valence electrons. The summed E-state index contributed by atoms with van der Waals surface area (Å²) in [6, 6.07) is 10.4. The van der Waals surface area contributed by atoms with Gasteiger partial charge in [0.15, 0.2) is 5.78 Å². The zero-order chi connectivity index (χ0) is 22.7. The number of para-hydroxylation sites is 2. The van der Waals surface area contributed by atoms with Crippen molar-refractivity contribution in [2.75, 3.05) is 16.8 Å². The molecule has 2 aromatic rings. The van der Waals surface area contributed by atoms with Crippen LogP contribution in [-0.4, -0.2) is 24.1 Å². The molecule has 0 saturated heterocycles. The average Bonchev–Trinajstić information content (AvgIpc) is 3.25. The highest BCUT2D eigenvalue weighted by Gasteiger charge is 2.40. The number of benzene rings is 1. The molecule has 0 fully saturated rings. The van der Waals surface area contributed by atoms with Gasteiger partial charge in [0.05, 0.1) is 17.6 Å². The van der Waals surface area contributed by atoms with Crippen molar-refractivity contribution in [2.24, 2.45) is 5.92 Å². The Hall–Kier alpha value is -3.35. The molecule has 2 aliphatic rings. The lowest BCUT2D eigenvalue weighted by molar-refractivity contribution is -0.125. The number of nitrogens with one attached hydrogen (secondary N) is 2. The number of carbonyl (C=O) groups is 3. The van der Waals surface area contributed by atoms with Crippen molar-refractivity contribution in [1.29, 1.82) is 0 Å². The molecule has 0 spiro atoms. The number of amides is 2. The molecule has 7 heteroatoms. The number of hydrogen-bond acceptors (Lipinski definition) is 5. The fraction of sp³-hybridized carbons (Fsp3) is 0.400. The monoisotopic (exact) mass is 435 g/mol. The van der Waals surface area contributed by atoms with E-state index < -0.39 is 6.04 Å². The highest BCUT2D eigenvalue weighted by Crippen LogP contribution is 2.45. The molecule has 32 heavy (non-hydrogen) atoms. The van der Waals surface area contributed by atoms with Gasteiger partial charge in [0.25, 0.3) is 0 Å². The molecule has 0 radical (unpaired) electrons. The van der Waals surface area contributed by atoms with E-state index in [1.165, 1.54) is 0 Å². The van der Waals surface area contributed by atoms with Gasteiger partial charge >= 0.3 is 0 Å². The molecule has 0 saturated carbocycles. The predicted octanol–water partition coefficient (Wildman–Crippen LogP) is 4.34. The average molecular weight is 436 g/mol. The van der Waals surface area contributed by atoms with Crippen LogP contribution in [0.3, 0.4) is 0 Å². The van der Waals surface area contributed by atoms with Crippen LogP contribution >= 0.6 is 0 Å². The molecule has 1 aliphatic carbocycles. The van der Waals surface area contributed by atoms with Crippen LogP contribution < -0.4 is 15.5 Å². The van der Waals surface area contributed by atoms with Gasteiger partial charge in [0.2, 0.25) is 11.8 Å². The Morgan fingerprint density at radius 3 is 2.72 bits per heavy atom. The quantitative estimate of drug-likeness (QED) is 0.704. The number of fused-ring (bicyclic) bond motifs is 1. The second-order valence-electron chi connectivity index (χ2n) is 8.69. The Balaban J connectivity index is 1.72. The summed E-state index contributed by atoms with van der Waals surface area (Å²) < 4.78 is 5.72. The lowest BCUT2D eigenvalue weighted by atomic mass is 9.88. The van der Waals surface area contributed by atoms with Gasteiger partial charge in [0.1, 0.15) is 11.8 Å². The first-order chi connectivity index (χ1) is 15.5. The van der Waals surface area contributed by atoms with Crippen LogP contribution in [0.2, 0.25) is 0 Å². The largest absolute Gasteiger partial charge is 0.467 e. The van der Waals surface area contributed by atoms with Crippen LogP contribution in [-0.2, 0) is 14.4 Å². The first-order valence-electron chi connectivity index (χ1n) is 11.2. The Morgan fingerprint density at radius 2 is 1.97 bits per heavy atom. The summed E-state index contributed by atoms with van der Waals surface area (Å²) in [7, 11) is 0. The van der Waals surface area contributed by atoms with Gasteiger partial charge in [-0.25, -0.2) is 0 Å². The van der Waals surface area contributed by atoms with Crippen molar-refractivity contribution in [3.05, 3.63) is 59.7 Å². The van der Waals surface area contributed by atoms with Crippen LogP contribution in [0.15, 0.2) is 58.3 Å². The third-order valence-corrected chi connectivity index (χ3v) is 5.79. The third kappa shape index (κ3) is 4.47. The first kappa shape index (κ1) is 21.9. The van der Waals surface area contributed by atoms with Crippen molar-refractivity contribution in [3.63, 3.8) is 0 Å². The van der Waals surface area contributed by atoms with Gasteiger partial charge in [-0.3, -0.25) is 19.3 Å². The molecule has 1 aromatic carbocycles. The molecule has 2 N–H and O–H groups in total. The van der Waals surface area contributed by atoms with Gasteiger partial charge in [0, 0.05) is 37.1 Å². The maximum Gasteiger partial charge on any atom is 0.228 e. The summed E-state index contributed by atoms with van der Waals surface area (Å²) in [5.41, 5.74) is 2.84. The SMILES string of the molecule is CC(C)CNC(=O)CCC(=O)N1c2ccccc2NC2=C(C(=O)CCC2)[C@H]1c1ccco1. The molecule has 0 bridgehead atoms. The minimum Gasteiger partial charge on any atom is -0.467 e. The summed E-state index contributed by atoms with van der Waals surface area (Å²) >= 11 is 0. The van der Waals surface area contributed by atoms with Crippen LogP contribution in [0.5, 0.6) is 0 Å². The van der Waals surface area contributed by atoms with Crippen LogP contribution in [0, 0.1) is 5.92 Å². The second-order valence-corrected chi connectivity index (χ2v) is 8.69. The second kappa shape index (κ2) is 9.42. The zero-order valence-electron chi connectivity index (χ0n) is 18.5. The summed E-state index contributed by atoms with van der Waals surface area (Å²) in [6.07, 6.45) is 3.60. The standard InChI is InChI=1S/C25H29N3O4/c1-16(2)15-26-22(30)12-13-23(31)28-19-9-4-3-7-17(19)27-18-8-5-10-20(29)24(18)25(28)21-11-6-14-32-21/h3-4,6-7,9,11,14,16,25,27H,5,8,10,12-13,15H2,1-2H3,(H,26,30)/t25-/m1/s1. The van der Waals surface area contributed by atoms with Gasteiger partial charge < -0.3 is 15.1 Å². The van der Waals surface area contributed by atoms with E-state index in [-0.39, 0.29) is 30.4 Å². The number of ketones is 1. The maximum absolute atomic E-state index is 13.6. The number of furan rings is 1. The molecule has 4 rings (SSSR count). The smallest absolute Gasteiger partial charge is 0.228 e. The first-order valence-corrected chi connectivity index (χ1v) is 11.2. The maximum atomic E-state index is 13.6. The van der Waals surface area contributed by atoms with E-state index in [9.17, 15) is 14.4 Å². The van der Waals surface area contributed by atoms with Crippen molar-refractivity contribution < 1.29 is 18.8 Å². The minimum absolute atomic E-state index is 0.0143. The Labute approximate surface area is 187 Å². The number of hydrogen-bond donors (Lipinski definition) is 2. The van der Waals surface area contributed by atoms with Crippen molar-refractivity contribution in [3.8, 4) is 0 Å². The fourth-order valence-corrected chi connectivity index (χ4v) is 4.27. The van der Waals surface area contributed by atoms with E-state index in [4.69, 9.17) is 4.42 Å². The summed E-state index contributed by atoms with van der Waals surface area (Å²) in [5, 5.41) is 6.27. The van der Waals surface area contributed by atoms with Crippen molar-refractivity contribution in [2.45, 2.75) is 52.0 Å². The Bertz CT molecular complexity index is 1040. The summed E-state index contributed by atoms with van der Waals surface area (Å²) in [5.74, 6) is 0.498. The molecular weight excluding hydrogens is 406 g/mol. The van der Waals surface area contributed by atoms with Gasteiger partial charge in [-0.15, -0.1) is 0 Å². The fourth-order valence-electron chi connectivity index (χ4n) is 4.27. The highest BCUT2D eigenvalue weighted by molar-refractivity contribution is 6.06. The zero-order valence-corrected chi connectivity index (χ0v) is 18.5. The van der Waals surface area contributed by atoms with Crippen molar-refractivity contribution >= 4 is 29.0 Å². The predicted molar refractivity (Wildman–Crippen MR) is 122 cm³/mol. The molecule has 2 heterocycles. The number of carbonyl (C=O) groups excluding carboxylic acids is 3. The molecule has 1 aromatic heterocycles. The molecule has 1 aliphatic heterocycles. The number of nitrogens with zero attached hydrogens (tertiary/aromatic N) is 1. The van der Waals surface area contributed by atoms with E-state index in [2.05, 4.69) is 10.6 Å². The Morgan fingerprint density at radius 1 is 1.16 bits per heavy atom. The third-order valence-electron chi connectivity index (χ3n) is 5.79. The van der Waals surface area contributed by atoms with Gasteiger partial charge in [-0.2, -0.15) is 0 Å². The van der Waals surface area contributed by atoms with E-state index in [0.29, 0.717) is 35.9 Å². The highest BCUT2D eigenvalue weighted by atomic mass is 16.3.